The zero-order valence-corrected chi connectivity index (χ0v) is 11.9. The summed E-state index contributed by atoms with van der Waals surface area (Å²) in [5.74, 6) is -0.146. The Hall–Kier alpha value is -1.05. The number of thiocarbonyl (C=S) groups is 1. The molecule has 7 heteroatoms. The van der Waals surface area contributed by atoms with E-state index in [-0.39, 0.29) is 17.0 Å². The molecule has 1 amide bonds. The number of ether oxygens (including phenoxy) is 1. The molecule has 1 saturated heterocycles. The molecule has 5 nitrogen and oxygen atoms in total. The van der Waals surface area contributed by atoms with Crippen LogP contribution in [0.25, 0.3) is 0 Å². The van der Waals surface area contributed by atoms with Crippen molar-refractivity contribution < 1.29 is 9.53 Å². The molecular formula is C11H12BrN3O2S. The number of pyridine rings is 1. The summed E-state index contributed by atoms with van der Waals surface area (Å²) >= 11 is 8.20. The molecule has 1 fully saturated rings. The van der Waals surface area contributed by atoms with E-state index in [0.717, 1.165) is 0 Å². The van der Waals surface area contributed by atoms with Crippen LogP contribution in [0, 0.1) is 0 Å². The molecule has 2 heterocycles. The van der Waals surface area contributed by atoms with Crippen molar-refractivity contribution in [1.82, 2.24) is 9.88 Å². The summed E-state index contributed by atoms with van der Waals surface area (Å²) in [6.45, 7) is 1.32. The fourth-order valence-electron chi connectivity index (χ4n) is 1.70. The van der Waals surface area contributed by atoms with Gasteiger partial charge in [0.15, 0.2) is 0 Å². The van der Waals surface area contributed by atoms with E-state index in [4.69, 9.17) is 22.7 Å². The molecule has 2 N–H and O–H groups in total. The summed E-state index contributed by atoms with van der Waals surface area (Å²) in [4.78, 5) is 18.3. The van der Waals surface area contributed by atoms with Crippen LogP contribution in [0.1, 0.15) is 10.5 Å². The fourth-order valence-corrected chi connectivity index (χ4v) is 2.27. The van der Waals surface area contributed by atoms with Gasteiger partial charge in [0.05, 0.1) is 13.2 Å². The van der Waals surface area contributed by atoms with Crippen LogP contribution in [-0.4, -0.2) is 46.6 Å². The van der Waals surface area contributed by atoms with Gasteiger partial charge in [0.2, 0.25) is 0 Å². The maximum absolute atomic E-state index is 12.3. The number of amides is 1. The summed E-state index contributed by atoms with van der Waals surface area (Å²) in [6, 6.07) is 3.55. The molecule has 18 heavy (non-hydrogen) atoms. The highest BCUT2D eigenvalue weighted by Gasteiger charge is 2.27. The van der Waals surface area contributed by atoms with Gasteiger partial charge in [-0.25, -0.2) is 4.98 Å². The first-order valence-electron chi connectivity index (χ1n) is 5.40. The van der Waals surface area contributed by atoms with Gasteiger partial charge in [-0.05, 0) is 28.1 Å². The van der Waals surface area contributed by atoms with Crippen molar-refractivity contribution in [2.45, 2.75) is 6.10 Å². The van der Waals surface area contributed by atoms with Crippen LogP contribution in [-0.2, 0) is 4.74 Å². The SMILES string of the molecule is NC(=S)C1CN(C(=O)c2ncccc2Br)CCO1. The molecule has 96 valence electrons. The van der Waals surface area contributed by atoms with Crippen molar-refractivity contribution in [2.24, 2.45) is 5.73 Å². The number of rotatable bonds is 2. The van der Waals surface area contributed by atoms with Crippen molar-refractivity contribution >= 4 is 39.0 Å². The Morgan fingerprint density at radius 2 is 2.44 bits per heavy atom. The third-order valence-electron chi connectivity index (χ3n) is 2.63. The Bertz CT molecular complexity index is 483. The molecule has 0 aliphatic carbocycles. The molecule has 0 radical (unpaired) electrons. The van der Waals surface area contributed by atoms with E-state index < -0.39 is 0 Å². The maximum atomic E-state index is 12.3. The highest BCUT2D eigenvalue weighted by atomic mass is 79.9. The second-order valence-electron chi connectivity index (χ2n) is 3.85. The molecule has 1 atom stereocenters. The van der Waals surface area contributed by atoms with Gasteiger partial charge in [-0.3, -0.25) is 4.79 Å². The fraction of sp³-hybridized carbons (Fsp3) is 0.364. The quantitative estimate of drug-likeness (QED) is 0.819. The number of morpholine rings is 1. The van der Waals surface area contributed by atoms with Crippen molar-refractivity contribution in [3.05, 3.63) is 28.5 Å². The van der Waals surface area contributed by atoms with E-state index in [0.29, 0.717) is 29.9 Å². The number of carbonyl (C=O) groups is 1. The van der Waals surface area contributed by atoms with E-state index in [1.54, 1.807) is 23.2 Å². The molecule has 0 spiro atoms. The van der Waals surface area contributed by atoms with Crippen LogP contribution in [0.2, 0.25) is 0 Å². The predicted molar refractivity (Wildman–Crippen MR) is 74.4 cm³/mol. The monoisotopic (exact) mass is 329 g/mol. The van der Waals surface area contributed by atoms with Crippen molar-refractivity contribution in [1.29, 1.82) is 0 Å². The largest absolute Gasteiger partial charge is 0.391 e. The lowest BCUT2D eigenvalue weighted by molar-refractivity contribution is 0.00845. The highest BCUT2D eigenvalue weighted by Crippen LogP contribution is 2.17. The molecule has 1 aromatic heterocycles. The van der Waals surface area contributed by atoms with E-state index >= 15 is 0 Å². The average molecular weight is 330 g/mol. The molecule has 2 rings (SSSR count). The summed E-state index contributed by atoms with van der Waals surface area (Å²) in [7, 11) is 0. The van der Waals surface area contributed by atoms with Crippen molar-refractivity contribution in [3.8, 4) is 0 Å². The van der Waals surface area contributed by atoms with E-state index in [9.17, 15) is 4.79 Å². The van der Waals surface area contributed by atoms with Gasteiger partial charge in [-0.2, -0.15) is 0 Å². The minimum absolute atomic E-state index is 0.146. The minimum Gasteiger partial charge on any atom is -0.391 e. The van der Waals surface area contributed by atoms with E-state index in [1.807, 2.05) is 0 Å². The zero-order valence-electron chi connectivity index (χ0n) is 9.51. The topological polar surface area (TPSA) is 68.5 Å². The second kappa shape index (κ2) is 5.73. The Kier molecular flexibility index (Phi) is 4.26. The summed E-state index contributed by atoms with van der Waals surface area (Å²) in [5, 5.41) is 0. The smallest absolute Gasteiger partial charge is 0.273 e. The third-order valence-corrected chi connectivity index (χ3v) is 3.53. The van der Waals surface area contributed by atoms with Gasteiger partial charge in [-0.15, -0.1) is 0 Å². The molecular weight excluding hydrogens is 318 g/mol. The van der Waals surface area contributed by atoms with Crippen molar-refractivity contribution in [3.63, 3.8) is 0 Å². The zero-order chi connectivity index (χ0) is 13.1. The molecule has 1 aromatic rings. The summed E-state index contributed by atoms with van der Waals surface area (Å²) < 4.78 is 6.07. The Labute approximate surface area is 118 Å². The molecule has 1 aliphatic heterocycles. The summed E-state index contributed by atoms with van der Waals surface area (Å²) in [5.41, 5.74) is 5.93. The van der Waals surface area contributed by atoms with Crippen LogP contribution in [0.4, 0.5) is 0 Å². The number of halogens is 1. The molecule has 1 aliphatic rings. The Morgan fingerprint density at radius 1 is 1.67 bits per heavy atom. The number of nitrogens with two attached hydrogens (primary N) is 1. The van der Waals surface area contributed by atoms with Gasteiger partial charge in [0, 0.05) is 17.2 Å². The standard InChI is InChI=1S/C11H12BrN3O2S/c12-7-2-1-3-14-9(7)11(16)15-4-5-17-8(6-15)10(13)18/h1-3,8H,4-6H2,(H2,13,18). The first-order chi connectivity index (χ1) is 8.59. The predicted octanol–water partition coefficient (Wildman–Crippen LogP) is 0.971. The number of hydrogen-bond acceptors (Lipinski definition) is 4. The number of aromatic nitrogens is 1. The molecule has 0 saturated carbocycles. The normalized spacial score (nSPS) is 19.6. The Balaban J connectivity index is 2.14. The Morgan fingerprint density at radius 3 is 3.11 bits per heavy atom. The van der Waals surface area contributed by atoms with E-state index in [2.05, 4.69) is 20.9 Å². The average Bonchev–Trinajstić information content (AvgIpc) is 2.38. The maximum Gasteiger partial charge on any atom is 0.273 e. The van der Waals surface area contributed by atoms with Gasteiger partial charge in [0.1, 0.15) is 16.8 Å². The summed E-state index contributed by atoms with van der Waals surface area (Å²) in [6.07, 6.45) is 1.21. The highest BCUT2D eigenvalue weighted by molar-refractivity contribution is 9.10. The number of nitrogens with zero attached hydrogens (tertiary/aromatic N) is 2. The molecule has 1 unspecified atom stereocenters. The van der Waals surface area contributed by atoms with Crippen molar-refractivity contribution in [2.75, 3.05) is 19.7 Å². The van der Waals surface area contributed by atoms with Crippen LogP contribution >= 0.6 is 28.1 Å². The van der Waals surface area contributed by atoms with E-state index in [1.165, 1.54) is 0 Å². The first-order valence-corrected chi connectivity index (χ1v) is 6.60. The van der Waals surface area contributed by atoms with Gasteiger partial charge in [-0.1, -0.05) is 12.2 Å². The van der Waals surface area contributed by atoms with Crippen LogP contribution in [0.15, 0.2) is 22.8 Å². The second-order valence-corrected chi connectivity index (χ2v) is 5.17. The lowest BCUT2D eigenvalue weighted by Gasteiger charge is -2.32. The van der Waals surface area contributed by atoms with Gasteiger partial charge in [0.25, 0.3) is 5.91 Å². The lowest BCUT2D eigenvalue weighted by atomic mass is 10.2. The molecule has 0 aromatic carbocycles. The minimum atomic E-state index is -0.375. The van der Waals surface area contributed by atoms with Gasteiger partial charge >= 0.3 is 0 Å². The lowest BCUT2D eigenvalue weighted by Crippen LogP contribution is -2.50. The third kappa shape index (κ3) is 2.85. The van der Waals surface area contributed by atoms with Gasteiger partial charge < -0.3 is 15.4 Å². The number of carbonyl (C=O) groups excluding carboxylic acids is 1. The number of hydrogen-bond donors (Lipinski definition) is 1. The molecule has 0 bridgehead atoms. The van der Waals surface area contributed by atoms with Crippen LogP contribution in [0.3, 0.4) is 0 Å². The first kappa shape index (κ1) is 13.4. The van der Waals surface area contributed by atoms with Crippen LogP contribution < -0.4 is 5.73 Å². The van der Waals surface area contributed by atoms with Crippen LogP contribution in [0.5, 0.6) is 0 Å².